The van der Waals surface area contributed by atoms with Crippen LogP contribution in [-0.4, -0.2) is 39.9 Å². The molecule has 2 amide bonds. The lowest BCUT2D eigenvalue weighted by Gasteiger charge is -2.15. The summed E-state index contributed by atoms with van der Waals surface area (Å²) in [6, 6.07) is 3.12. The molecule has 1 rings (SSSR count). The van der Waals surface area contributed by atoms with Crippen molar-refractivity contribution in [3.8, 4) is 5.75 Å². The molecule has 0 aliphatic carbocycles. The van der Waals surface area contributed by atoms with Crippen LogP contribution in [0, 0.1) is 0 Å². The zero-order valence-corrected chi connectivity index (χ0v) is 15.0. The molecule has 0 fully saturated rings. The summed E-state index contributed by atoms with van der Waals surface area (Å²) in [5.41, 5.74) is 0.232. The zero-order valence-electron chi connectivity index (χ0n) is 14.2. The molecule has 0 bridgehead atoms. The van der Waals surface area contributed by atoms with Gasteiger partial charge in [0.15, 0.2) is 0 Å². The number of amides is 2. The highest BCUT2D eigenvalue weighted by Crippen LogP contribution is 2.27. The van der Waals surface area contributed by atoms with Crippen LogP contribution in [0.4, 0.5) is 5.69 Å². The van der Waals surface area contributed by atoms with Crippen LogP contribution in [0.3, 0.4) is 0 Å². The molecule has 0 saturated heterocycles. The van der Waals surface area contributed by atoms with E-state index in [2.05, 4.69) is 15.4 Å². The van der Waals surface area contributed by atoms with Crippen LogP contribution in [0.2, 0.25) is 0 Å². The Morgan fingerprint density at radius 2 is 1.96 bits per heavy atom. The number of carbonyl (C=O) groups excluding carboxylic acids is 2. The Morgan fingerprint density at radius 1 is 1.29 bits per heavy atom. The highest BCUT2D eigenvalue weighted by Gasteiger charge is 2.23. The van der Waals surface area contributed by atoms with Crippen molar-refractivity contribution in [1.82, 2.24) is 10.0 Å². The van der Waals surface area contributed by atoms with Gasteiger partial charge in [0.05, 0.1) is 23.7 Å². The van der Waals surface area contributed by atoms with Gasteiger partial charge in [-0.1, -0.05) is 6.92 Å². The molecule has 9 heteroatoms. The smallest absolute Gasteiger partial charge is 0.241 e. The Kier molecular flexibility index (Phi) is 7.18. The van der Waals surface area contributed by atoms with Gasteiger partial charge in [0.25, 0.3) is 0 Å². The van der Waals surface area contributed by atoms with Crippen LogP contribution in [-0.2, 0) is 19.6 Å². The first kappa shape index (κ1) is 19.9. The molecule has 0 unspecified atom stereocenters. The van der Waals surface area contributed by atoms with Crippen LogP contribution in [0.1, 0.15) is 27.2 Å². The Bertz CT molecular complexity index is 703. The molecule has 1 aromatic carbocycles. The molecule has 0 aromatic heterocycles. The SMILES string of the molecule is CCCNC(=O)[C@@H](C)NS(=O)(=O)c1ccc(OC)c(NC(C)=O)c1. The number of hydrogen-bond acceptors (Lipinski definition) is 5. The number of ether oxygens (including phenoxy) is 1. The number of rotatable bonds is 8. The van der Waals surface area contributed by atoms with Gasteiger partial charge in [-0.25, -0.2) is 8.42 Å². The number of benzene rings is 1. The molecule has 0 radical (unpaired) electrons. The highest BCUT2D eigenvalue weighted by molar-refractivity contribution is 7.89. The third-order valence-electron chi connectivity index (χ3n) is 3.07. The van der Waals surface area contributed by atoms with Gasteiger partial charge in [-0.15, -0.1) is 0 Å². The van der Waals surface area contributed by atoms with Crippen LogP contribution < -0.4 is 20.1 Å². The minimum absolute atomic E-state index is 0.0813. The molecule has 0 aliphatic rings. The quantitative estimate of drug-likeness (QED) is 0.638. The summed E-state index contributed by atoms with van der Waals surface area (Å²) in [5, 5.41) is 5.12. The number of hydrogen-bond donors (Lipinski definition) is 3. The first-order valence-electron chi connectivity index (χ1n) is 7.47. The number of carbonyl (C=O) groups is 2. The standard InChI is InChI=1S/C15H23N3O5S/c1-5-8-16-15(20)10(2)18-24(21,22)12-6-7-14(23-4)13(9-12)17-11(3)19/h6-7,9-10,18H,5,8H2,1-4H3,(H,16,20)(H,17,19)/t10-/m1/s1. The predicted molar refractivity (Wildman–Crippen MR) is 90.4 cm³/mol. The topological polar surface area (TPSA) is 114 Å². The molecular formula is C15H23N3O5S. The fourth-order valence-electron chi connectivity index (χ4n) is 1.90. The van der Waals surface area contributed by atoms with Crippen molar-refractivity contribution in [2.75, 3.05) is 19.0 Å². The normalized spacial score (nSPS) is 12.3. The van der Waals surface area contributed by atoms with E-state index in [1.807, 2.05) is 6.92 Å². The first-order chi connectivity index (χ1) is 11.2. The second kappa shape index (κ2) is 8.65. The first-order valence-corrected chi connectivity index (χ1v) is 8.95. The van der Waals surface area contributed by atoms with E-state index in [0.717, 1.165) is 6.42 Å². The summed E-state index contributed by atoms with van der Waals surface area (Å²) in [5.74, 6) is -0.433. The summed E-state index contributed by atoms with van der Waals surface area (Å²) >= 11 is 0. The number of nitrogens with one attached hydrogen (secondary N) is 3. The molecule has 24 heavy (non-hydrogen) atoms. The van der Waals surface area contributed by atoms with Gasteiger partial charge in [-0.05, 0) is 31.5 Å². The van der Waals surface area contributed by atoms with Crippen molar-refractivity contribution in [1.29, 1.82) is 0 Å². The molecular weight excluding hydrogens is 334 g/mol. The second-order valence-corrected chi connectivity index (χ2v) is 6.89. The third kappa shape index (κ3) is 5.50. The van der Waals surface area contributed by atoms with Crippen molar-refractivity contribution in [2.24, 2.45) is 0 Å². The van der Waals surface area contributed by atoms with Crippen LogP contribution in [0.25, 0.3) is 0 Å². The van der Waals surface area contributed by atoms with Crippen LogP contribution in [0.15, 0.2) is 23.1 Å². The maximum atomic E-state index is 12.4. The predicted octanol–water partition coefficient (Wildman–Crippen LogP) is 0.847. The van der Waals surface area contributed by atoms with E-state index in [1.54, 1.807) is 0 Å². The van der Waals surface area contributed by atoms with Gasteiger partial charge in [0.2, 0.25) is 21.8 Å². The van der Waals surface area contributed by atoms with E-state index < -0.39 is 22.0 Å². The Morgan fingerprint density at radius 3 is 2.50 bits per heavy atom. The number of methoxy groups -OCH3 is 1. The van der Waals surface area contributed by atoms with Crippen molar-refractivity contribution in [2.45, 2.75) is 38.1 Å². The molecule has 0 saturated carbocycles. The average Bonchev–Trinajstić information content (AvgIpc) is 2.51. The molecule has 0 aliphatic heterocycles. The molecule has 8 nitrogen and oxygen atoms in total. The fourth-order valence-corrected chi connectivity index (χ4v) is 3.13. The van der Waals surface area contributed by atoms with E-state index in [1.165, 1.54) is 39.2 Å². The lowest BCUT2D eigenvalue weighted by Crippen LogP contribution is -2.44. The van der Waals surface area contributed by atoms with E-state index in [4.69, 9.17) is 4.74 Å². The molecule has 3 N–H and O–H groups in total. The summed E-state index contributed by atoms with van der Waals surface area (Å²) in [6.45, 7) is 5.13. The Hall–Kier alpha value is -2.13. The average molecular weight is 357 g/mol. The summed E-state index contributed by atoms with van der Waals surface area (Å²) in [4.78, 5) is 23.0. The number of sulfonamides is 1. The van der Waals surface area contributed by atoms with Gasteiger partial charge in [0, 0.05) is 13.5 Å². The van der Waals surface area contributed by atoms with Gasteiger partial charge < -0.3 is 15.4 Å². The van der Waals surface area contributed by atoms with Crippen molar-refractivity contribution >= 4 is 27.5 Å². The van der Waals surface area contributed by atoms with Crippen molar-refractivity contribution in [3.63, 3.8) is 0 Å². The number of anilines is 1. The van der Waals surface area contributed by atoms with Crippen LogP contribution in [0.5, 0.6) is 5.75 Å². The Labute approximate surface area is 142 Å². The lowest BCUT2D eigenvalue weighted by atomic mass is 10.3. The fraction of sp³-hybridized carbons (Fsp3) is 0.467. The monoisotopic (exact) mass is 357 g/mol. The molecule has 1 aromatic rings. The minimum atomic E-state index is -3.93. The molecule has 0 spiro atoms. The second-order valence-electron chi connectivity index (χ2n) is 5.18. The van der Waals surface area contributed by atoms with E-state index >= 15 is 0 Å². The van der Waals surface area contributed by atoms with Gasteiger partial charge in [-0.3, -0.25) is 9.59 Å². The summed E-state index contributed by atoms with van der Waals surface area (Å²) in [7, 11) is -2.52. The van der Waals surface area contributed by atoms with Crippen LogP contribution >= 0.6 is 0 Å². The lowest BCUT2D eigenvalue weighted by molar-refractivity contribution is -0.122. The van der Waals surface area contributed by atoms with Gasteiger partial charge in [0.1, 0.15) is 5.75 Å². The Balaban J connectivity index is 3.01. The molecule has 1 atom stereocenters. The highest BCUT2D eigenvalue weighted by atomic mass is 32.2. The summed E-state index contributed by atoms with van der Waals surface area (Å²) in [6.07, 6.45) is 0.754. The van der Waals surface area contributed by atoms with E-state index in [0.29, 0.717) is 12.3 Å². The third-order valence-corrected chi connectivity index (χ3v) is 4.60. The molecule has 134 valence electrons. The maximum Gasteiger partial charge on any atom is 0.241 e. The molecule has 0 heterocycles. The zero-order chi connectivity index (χ0) is 18.3. The minimum Gasteiger partial charge on any atom is -0.495 e. The van der Waals surface area contributed by atoms with E-state index in [-0.39, 0.29) is 16.5 Å². The van der Waals surface area contributed by atoms with Gasteiger partial charge >= 0.3 is 0 Å². The van der Waals surface area contributed by atoms with Gasteiger partial charge in [-0.2, -0.15) is 4.72 Å². The van der Waals surface area contributed by atoms with Crippen molar-refractivity contribution in [3.05, 3.63) is 18.2 Å². The largest absolute Gasteiger partial charge is 0.495 e. The van der Waals surface area contributed by atoms with E-state index in [9.17, 15) is 18.0 Å². The maximum absolute atomic E-state index is 12.4. The summed E-state index contributed by atoms with van der Waals surface area (Å²) < 4.78 is 32.2. The van der Waals surface area contributed by atoms with Crippen molar-refractivity contribution < 1.29 is 22.7 Å².